The molecule has 7 atom stereocenters. The van der Waals surface area contributed by atoms with Gasteiger partial charge in [-0.05, 0) is 58.8 Å². The number of rotatable bonds is 44. The minimum atomic E-state index is -0.948. The van der Waals surface area contributed by atoms with E-state index in [2.05, 4.69) is 26.3 Å². The van der Waals surface area contributed by atoms with E-state index in [1.54, 1.807) is 6.92 Å². The molecule has 24 nitrogen and oxygen atoms in total. The standard InChI is InChI=1S/C48H85N9O15S/c1-34(49)46(63)57-15-6-11-39(57)45(62)53-35(2)40(59)32-36(8-5-14-52-47(50)51)44(61)55-42(60)13-17-66-19-21-68-23-25-70-27-29-72-31-30-71-28-26-69-24-22-67-20-18-65-16-7-10-37(58)9-3-4-12-41-43-38(33-73-41)54-48(64)56-43/h34-36,38-39,41,43H,3-33,49H2,1-2H3,(H,53,62)(H4,50,51,52)(H2,54,56,64)(H,55,60,61)/t34-,35-,36+,38-,39-,41-,43-/m0/s1. The van der Waals surface area contributed by atoms with E-state index < -0.39 is 47.5 Å². The topological polar surface area (TPSA) is 335 Å². The Morgan fingerprint density at radius 1 is 0.726 bits per heavy atom. The van der Waals surface area contributed by atoms with Gasteiger partial charge in [-0.3, -0.25) is 39.1 Å². The second-order valence-electron chi connectivity index (χ2n) is 18.1. The van der Waals surface area contributed by atoms with Crippen LogP contribution < -0.4 is 38.5 Å². The minimum absolute atomic E-state index is 0.0414. The zero-order chi connectivity index (χ0) is 53.1. The predicted octanol–water partition coefficient (Wildman–Crippen LogP) is -0.301. The van der Waals surface area contributed by atoms with Crippen molar-refractivity contribution in [2.45, 2.75) is 126 Å². The van der Waals surface area contributed by atoms with Gasteiger partial charge in [0.25, 0.3) is 0 Å². The van der Waals surface area contributed by atoms with Crippen molar-refractivity contribution in [2.75, 3.05) is 125 Å². The maximum atomic E-state index is 13.2. The van der Waals surface area contributed by atoms with Crippen molar-refractivity contribution < 1.29 is 71.5 Å². The van der Waals surface area contributed by atoms with Gasteiger partial charge in [0.2, 0.25) is 23.6 Å². The SMILES string of the molecule is C[C@H](N)C(=O)N1CCC[C@H]1C(=O)N[C@@H](C)C(=O)C[C@@H](CCCN=C(N)N)C(=O)NC(=O)CCOCCOCCOCCOCCOCCOCCOCCOCCCC(=O)CCCC[C@@H]1SC[C@@H]2NC(=O)N[C@@H]21. The number of imide groups is 1. The third-order valence-corrected chi connectivity index (χ3v) is 13.6. The molecule has 3 heterocycles. The number of fused-ring (bicyclic) bond motifs is 1. The average Bonchev–Trinajstić information content (AvgIpc) is 4.10. The first kappa shape index (κ1) is 63.2. The second kappa shape index (κ2) is 38.5. The van der Waals surface area contributed by atoms with E-state index in [9.17, 15) is 33.6 Å². The van der Waals surface area contributed by atoms with Crippen molar-refractivity contribution in [2.24, 2.45) is 28.1 Å². The molecule has 0 spiro atoms. The first-order valence-corrected chi connectivity index (χ1v) is 26.9. The van der Waals surface area contributed by atoms with Gasteiger partial charge in [-0.25, -0.2) is 4.79 Å². The highest BCUT2D eigenvalue weighted by atomic mass is 32.2. The van der Waals surface area contributed by atoms with Crippen LogP contribution in [0.2, 0.25) is 0 Å². The van der Waals surface area contributed by atoms with Gasteiger partial charge in [0.1, 0.15) is 11.8 Å². The molecule has 3 rings (SSSR count). The van der Waals surface area contributed by atoms with E-state index >= 15 is 0 Å². The van der Waals surface area contributed by atoms with Crippen LogP contribution in [0.15, 0.2) is 4.99 Å². The third kappa shape index (κ3) is 27.9. The average molecular weight is 1060 g/mol. The molecule has 418 valence electrons. The number of Topliss-reactive ketones (excluding diaryl/α,β-unsaturated/α-hetero) is 2. The summed E-state index contributed by atoms with van der Waals surface area (Å²) in [7, 11) is 0. The quantitative estimate of drug-likeness (QED) is 0.0178. The molecule has 0 bridgehead atoms. The maximum Gasteiger partial charge on any atom is 0.315 e. The summed E-state index contributed by atoms with van der Waals surface area (Å²) in [4.78, 5) is 93.4. The molecule has 0 saturated carbocycles. The third-order valence-electron chi connectivity index (χ3n) is 12.1. The Bertz CT molecular complexity index is 1680. The first-order chi connectivity index (χ1) is 35.3. The zero-order valence-corrected chi connectivity index (χ0v) is 43.9. The summed E-state index contributed by atoms with van der Waals surface area (Å²) >= 11 is 1.90. The monoisotopic (exact) mass is 1060 g/mol. The van der Waals surface area contributed by atoms with Gasteiger partial charge >= 0.3 is 6.03 Å². The maximum absolute atomic E-state index is 13.2. The van der Waals surface area contributed by atoms with Crippen molar-refractivity contribution in [3.8, 4) is 0 Å². The van der Waals surface area contributed by atoms with Gasteiger partial charge < -0.3 is 75.9 Å². The van der Waals surface area contributed by atoms with E-state index in [1.165, 1.54) is 11.8 Å². The Morgan fingerprint density at radius 3 is 1.84 bits per heavy atom. The molecule has 0 aromatic heterocycles. The molecule has 3 fully saturated rings. The highest BCUT2D eigenvalue weighted by Crippen LogP contribution is 2.33. The number of nitrogens with two attached hydrogens (primary N) is 3. The predicted molar refractivity (Wildman–Crippen MR) is 272 cm³/mol. The number of carbonyl (C=O) groups excluding carboxylic acids is 7. The minimum Gasteiger partial charge on any atom is -0.379 e. The van der Waals surface area contributed by atoms with E-state index in [4.69, 9.17) is 55.1 Å². The number of ether oxygens (including phenoxy) is 8. The van der Waals surface area contributed by atoms with Crippen molar-refractivity contribution in [1.29, 1.82) is 0 Å². The molecule has 0 aromatic rings. The summed E-state index contributed by atoms with van der Waals surface area (Å²) in [6.07, 6.45) is 6.03. The Labute approximate surface area is 434 Å². The van der Waals surface area contributed by atoms with E-state index in [1.807, 2.05) is 11.8 Å². The number of hydrogen-bond acceptors (Lipinski definition) is 18. The van der Waals surface area contributed by atoms with E-state index in [0.29, 0.717) is 136 Å². The van der Waals surface area contributed by atoms with Crippen LogP contribution in [-0.2, 0) is 66.7 Å². The van der Waals surface area contributed by atoms with Gasteiger partial charge in [0, 0.05) is 55.9 Å². The summed E-state index contributed by atoms with van der Waals surface area (Å²) in [5, 5.41) is 11.4. The van der Waals surface area contributed by atoms with Gasteiger partial charge in [-0.2, -0.15) is 11.8 Å². The number of guanidine groups is 1. The molecule has 3 aliphatic rings. The van der Waals surface area contributed by atoms with Crippen LogP contribution in [0.5, 0.6) is 0 Å². The number of amides is 6. The number of urea groups is 1. The molecule has 6 amide bonds. The molecule has 0 radical (unpaired) electrons. The van der Waals surface area contributed by atoms with Crippen LogP contribution in [0, 0.1) is 5.92 Å². The van der Waals surface area contributed by atoms with Gasteiger partial charge in [0.05, 0.1) is 130 Å². The Balaban J connectivity index is 1.05. The lowest BCUT2D eigenvalue weighted by Crippen LogP contribution is -2.53. The highest BCUT2D eigenvalue weighted by molar-refractivity contribution is 8.00. The largest absolute Gasteiger partial charge is 0.379 e. The molecule has 3 aliphatic heterocycles. The van der Waals surface area contributed by atoms with Gasteiger partial charge in [-0.1, -0.05) is 6.42 Å². The lowest BCUT2D eigenvalue weighted by molar-refractivity contribution is -0.140. The van der Waals surface area contributed by atoms with Crippen LogP contribution >= 0.6 is 11.8 Å². The van der Waals surface area contributed by atoms with Crippen LogP contribution in [0.25, 0.3) is 0 Å². The fraction of sp³-hybridized carbons (Fsp3) is 0.833. The lowest BCUT2D eigenvalue weighted by atomic mass is 9.93. The fourth-order valence-corrected chi connectivity index (χ4v) is 9.71. The Morgan fingerprint density at radius 2 is 1.27 bits per heavy atom. The van der Waals surface area contributed by atoms with Crippen molar-refractivity contribution in [3.05, 3.63) is 0 Å². The molecule has 25 heteroatoms. The summed E-state index contributed by atoms with van der Waals surface area (Å²) in [5.41, 5.74) is 16.6. The van der Waals surface area contributed by atoms with Crippen LogP contribution in [0.4, 0.5) is 4.79 Å². The Hall–Kier alpha value is -4.05. The number of nitrogens with one attached hydrogen (secondary N) is 4. The van der Waals surface area contributed by atoms with Crippen molar-refractivity contribution >= 4 is 58.9 Å². The number of hydrogen-bond donors (Lipinski definition) is 7. The molecule has 3 saturated heterocycles. The summed E-state index contributed by atoms with van der Waals surface area (Å²) in [6.45, 7) is 9.81. The molecular weight excluding hydrogens is 975 g/mol. The van der Waals surface area contributed by atoms with Gasteiger partial charge in [0.15, 0.2) is 11.7 Å². The normalized spacial score (nSPS) is 19.4. The van der Waals surface area contributed by atoms with Crippen LogP contribution in [0.3, 0.4) is 0 Å². The summed E-state index contributed by atoms with van der Waals surface area (Å²) < 4.78 is 44.1. The summed E-state index contributed by atoms with van der Waals surface area (Å²) in [5.74, 6) is -2.21. The summed E-state index contributed by atoms with van der Waals surface area (Å²) in [6, 6.07) is -2.05. The smallest absolute Gasteiger partial charge is 0.315 e. The van der Waals surface area contributed by atoms with E-state index in [-0.39, 0.29) is 81.4 Å². The van der Waals surface area contributed by atoms with Crippen molar-refractivity contribution in [1.82, 2.24) is 26.2 Å². The lowest BCUT2D eigenvalue weighted by Gasteiger charge is -2.27. The highest BCUT2D eigenvalue weighted by Gasteiger charge is 2.42. The molecule has 73 heavy (non-hydrogen) atoms. The number of unbranched alkanes of at least 4 members (excludes halogenated alkanes) is 1. The number of thioether (sulfide) groups is 1. The number of ketones is 2. The first-order valence-electron chi connectivity index (χ1n) is 25.9. The molecule has 0 aromatic carbocycles. The van der Waals surface area contributed by atoms with Crippen LogP contribution in [-0.4, -0.2) is 212 Å². The van der Waals surface area contributed by atoms with Gasteiger partial charge in [-0.15, -0.1) is 0 Å². The van der Waals surface area contributed by atoms with Crippen molar-refractivity contribution in [3.63, 3.8) is 0 Å². The Kier molecular flexibility index (Phi) is 33.3. The second-order valence-corrected chi connectivity index (χ2v) is 19.4. The number of nitrogens with zero attached hydrogens (tertiary/aromatic N) is 2. The number of likely N-dealkylation sites (tertiary alicyclic amines) is 1. The number of carbonyl (C=O) groups is 7. The fourth-order valence-electron chi connectivity index (χ4n) is 8.16. The molecule has 0 unspecified atom stereocenters. The molecule has 0 aliphatic carbocycles. The number of aliphatic imine (C=N–C) groups is 1. The molecule has 10 N–H and O–H groups in total. The van der Waals surface area contributed by atoms with E-state index in [0.717, 1.165) is 25.0 Å². The zero-order valence-electron chi connectivity index (χ0n) is 43.1. The molecular formula is C48H85N9O15S. The van der Waals surface area contributed by atoms with Crippen LogP contribution in [0.1, 0.15) is 90.9 Å².